The number of hydrogen-bond donors (Lipinski definition) is 0. The lowest BCUT2D eigenvalue weighted by Gasteiger charge is -2.04. The summed E-state index contributed by atoms with van der Waals surface area (Å²) < 4.78 is 1.21. The van der Waals surface area contributed by atoms with Gasteiger partial charge in [-0.3, -0.25) is 0 Å². The van der Waals surface area contributed by atoms with Crippen molar-refractivity contribution in [2.75, 3.05) is 5.33 Å². The van der Waals surface area contributed by atoms with Crippen LogP contribution in [0.5, 0.6) is 0 Å². The molecule has 0 amide bonds. The first kappa shape index (κ1) is 11.3. The summed E-state index contributed by atoms with van der Waals surface area (Å²) in [7, 11) is 0. The summed E-state index contributed by atoms with van der Waals surface area (Å²) in [5.74, 6) is 0. The fourth-order valence-electron chi connectivity index (χ4n) is 1.34. The summed E-state index contributed by atoms with van der Waals surface area (Å²) in [5.41, 5.74) is 2.85. The second-order valence-corrected chi connectivity index (χ2v) is 4.82. The maximum absolute atomic E-state index is 3.53. The lowest BCUT2D eigenvalue weighted by Crippen LogP contribution is -1.89. The molecule has 1 rings (SSSR count). The number of rotatable bonds is 4. The van der Waals surface area contributed by atoms with Crippen molar-refractivity contribution in [1.82, 2.24) is 0 Å². The normalized spacial score (nSPS) is 10.4. The van der Waals surface area contributed by atoms with E-state index in [-0.39, 0.29) is 0 Å². The molecule has 0 spiro atoms. The van der Waals surface area contributed by atoms with Crippen LogP contribution in [0.25, 0.3) is 0 Å². The highest BCUT2D eigenvalue weighted by atomic mass is 79.9. The van der Waals surface area contributed by atoms with Crippen molar-refractivity contribution in [1.29, 1.82) is 0 Å². The van der Waals surface area contributed by atoms with Gasteiger partial charge in [0.2, 0.25) is 0 Å². The van der Waals surface area contributed by atoms with Crippen LogP contribution in [0.1, 0.15) is 24.5 Å². The van der Waals surface area contributed by atoms with Gasteiger partial charge in [-0.05, 0) is 42.5 Å². The van der Waals surface area contributed by atoms with E-state index in [2.05, 4.69) is 57.0 Å². The van der Waals surface area contributed by atoms with E-state index >= 15 is 0 Å². The molecule has 0 heterocycles. The van der Waals surface area contributed by atoms with Crippen molar-refractivity contribution in [3.63, 3.8) is 0 Å². The Labute approximate surface area is 97.0 Å². The molecule has 2 heteroatoms. The van der Waals surface area contributed by atoms with E-state index in [0.717, 1.165) is 18.2 Å². The molecule has 0 bridgehead atoms. The smallest absolute Gasteiger partial charge is 0.0180 e. The number of aryl methyl sites for hydroxylation is 2. The predicted molar refractivity (Wildman–Crippen MR) is 65.6 cm³/mol. The van der Waals surface area contributed by atoms with E-state index in [0.29, 0.717) is 0 Å². The van der Waals surface area contributed by atoms with Crippen molar-refractivity contribution in [2.24, 2.45) is 0 Å². The second-order valence-electron chi connectivity index (χ2n) is 3.11. The van der Waals surface area contributed by atoms with Gasteiger partial charge in [-0.1, -0.05) is 44.8 Å². The molecule has 0 radical (unpaired) electrons. The minimum atomic E-state index is 1.08. The summed E-state index contributed by atoms with van der Waals surface area (Å²) in [6.07, 6.45) is 3.48. The predicted octanol–water partition coefficient (Wildman–Crippen LogP) is 4.34. The Bertz CT molecular complexity index is 269. The van der Waals surface area contributed by atoms with Crippen LogP contribution in [0, 0.1) is 0 Å². The molecule has 0 fully saturated rings. The fourth-order valence-corrected chi connectivity index (χ4v) is 2.21. The summed E-state index contributed by atoms with van der Waals surface area (Å²) in [6.45, 7) is 2.19. The van der Waals surface area contributed by atoms with Crippen molar-refractivity contribution < 1.29 is 0 Å². The van der Waals surface area contributed by atoms with Crippen molar-refractivity contribution >= 4 is 31.9 Å². The molecule has 72 valence electrons. The van der Waals surface area contributed by atoms with E-state index in [1.165, 1.54) is 22.0 Å². The van der Waals surface area contributed by atoms with Gasteiger partial charge in [0.15, 0.2) is 0 Å². The molecular formula is C11H14Br2. The van der Waals surface area contributed by atoms with Crippen molar-refractivity contribution in [3.05, 3.63) is 33.8 Å². The topological polar surface area (TPSA) is 0 Å². The van der Waals surface area contributed by atoms with E-state index in [1.807, 2.05) is 0 Å². The van der Waals surface area contributed by atoms with Gasteiger partial charge in [-0.25, -0.2) is 0 Å². The number of benzene rings is 1. The molecule has 0 saturated carbocycles. The lowest BCUT2D eigenvalue weighted by atomic mass is 10.1. The molecule has 0 aromatic heterocycles. The highest BCUT2D eigenvalue weighted by Crippen LogP contribution is 2.17. The zero-order chi connectivity index (χ0) is 9.68. The van der Waals surface area contributed by atoms with Crippen LogP contribution in [0.15, 0.2) is 22.7 Å². The Kier molecular flexibility index (Phi) is 5.04. The number of hydrogen-bond acceptors (Lipinski definition) is 0. The Hall–Kier alpha value is 0.180. The van der Waals surface area contributed by atoms with E-state index in [9.17, 15) is 0 Å². The molecular weight excluding hydrogens is 292 g/mol. The van der Waals surface area contributed by atoms with E-state index in [4.69, 9.17) is 0 Å². The minimum Gasteiger partial charge on any atom is -0.0928 e. The molecule has 0 aliphatic carbocycles. The SMILES string of the molecule is CCc1cc(Br)cc(CCCBr)c1. The minimum absolute atomic E-state index is 1.08. The van der Waals surface area contributed by atoms with Crippen LogP contribution in [-0.4, -0.2) is 5.33 Å². The van der Waals surface area contributed by atoms with Gasteiger partial charge in [-0.2, -0.15) is 0 Å². The van der Waals surface area contributed by atoms with Crippen LogP contribution in [0.3, 0.4) is 0 Å². The summed E-state index contributed by atoms with van der Waals surface area (Å²) in [4.78, 5) is 0. The zero-order valence-electron chi connectivity index (χ0n) is 7.82. The Morgan fingerprint density at radius 3 is 2.46 bits per heavy atom. The van der Waals surface area contributed by atoms with Crippen molar-refractivity contribution in [2.45, 2.75) is 26.2 Å². The average Bonchev–Trinajstić information content (AvgIpc) is 2.14. The molecule has 13 heavy (non-hydrogen) atoms. The molecule has 0 aliphatic heterocycles. The number of alkyl halides is 1. The zero-order valence-corrected chi connectivity index (χ0v) is 11.0. The largest absolute Gasteiger partial charge is 0.0928 e. The second kappa shape index (κ2) is 5.82. The third kappa shape index (κ3) is 3.82. The molecule has 0 nitrogen and oxygen atoms in total. The molecule has 0 aliphatic rings. The van der Waals surface area contributed by atoms with Gasteiger partial charge in [0.05, 0.1) is 0 Å². The lowest BCUT2D eigenvalue weighted by molar-refractivity contribution is 0.933. The molecule has 0 saturated heterocycles. The number of halogens is 2. The van der Waals surface area contributed by atoms with Gasteiger partial charge in [-0.15, -0.1) is 0 Å². The van der Waals surface area contributed by atoms with Crippen LogP contribution in [0.2, 0.25) is 0 Å². The first-order chi connectivity index (χ1) is 6.26. The van der Waals surface area contributed by atoms with Gasteiger partial charge >= 0.3 is 0 Å². The molecule has 1 aromatic carbocycles. The maximum atomic E-state index is 3.53. The van der Waals surface area contributed by atoms with Gasteiger partial charge < -0.3 is 0 Å². The molecule has 0 N–H and O–H groups in total. The van der Waals surface area contributed by atoms with Gasteiger partial charge in [0.25, 0.3) is 0 Å². The van der Waals surface area contributed by atoms with Crippen LogP contribution >= 0.6 is 31.9 Å². The van der Waals surface area contributed by atoms with Crippen LogP contribution in [0.4, 0.5) is 0 Å². The van der Waals surface area contributed by atoms with Crippen LogP contribution in [-0.2, 0) is 12.8 Å². The molecule has 1 aromatic rings. The fraction of sp³-hybridized carbons (Fsp3) is 0.455. The Balaban J connectivity index is 2.76. The summed E-state index contributed by atoms with van der Waals surface area (Å²) in [6, 6.07) is 6.70. The highest BCUT2D eigenvalue weighted by Gasteiger charge is 1.97. The maximum Gasteiger partial charge on any atom is 0.0180 e. The summed E-state index contributed by atoms with van der Waals surface area (Å²) >= 11 is 6.98. The Morgan fingerprint density at radius 2 is 1.85 bits per heavy atom. The van der Waals surface area contributed by atoms with E-state index in [1.54, 1.807) is 0 Å². The van der Waals surface area contributed by atoms with Gasteiger partial charge in [0, 0.05) is 9.80 Å². The van der Waals surface area contributed by atoms with Gasteiger partial charge in [0.1, 0.15) is 0 Å². The standard InChI is InChI=1S/C11H14Br2/c1-2-9-6-10(4-3-5-12)8-11(13)7-9/h6-8H,2-5H2,1H3. The monoisotopic (exact) mass is 304 g/mol. The quantitative estimate of drug-likeness (QED) is 0.726. The average molecular weight is 306 g/mol. The van der Waals surface area contributed by atoms with Crippen molar-refractivity contribution in [3.8, 4) is 0 Å². The van der Waals surface area contributed by atoms with E-state index < -0.39 is 0 Å². The first-order valence-corrected chi connectivity index (χ1v) is 6.52. The summed E-state index contributed by atoms with van der Waals surface area (Å²) in [5, 5.41) is 1.08. The molecule has 0 atom stereocenters. The highest BCUT2D eigenvalue weighted by molar-refractivity contribution is 9.10. The molecule has 0 unspecified atom stereocenters. The van der Waals surface area contributed by atoms with Crippen LogP contribution < -0.4 is 0 Å². The third-order valence-electron chi connectivity index (χ3n) is 2.02. The Morgan fingerprint density at radius 1 is 1.15 bits per heavy atom. The third-order valence-corrected chi connectivity index (χ3v) is 3.04. The first-order valence-electron chi connectivity index (χ1n) is 4.60.